The van der Waals surface area contributed by atoms with E-state index in [2.05, 4.69) is 0 Å². The Morgan fingerprint density at radius 3 is 0.846 bits per heavy atom. The molecule has 0 spiro atoms. The molecule has 0 heterocycles. The summed E-state index contributed by atoms with van der Waals surface area (Å²) in [6, 6.07) is 0. The predicted octanol–water partition coefficient (Wildman–Crippen LogP) is -0.235. The van der Waals surface area contributed by atoms with Crippen molar-refractivity contribution >= 4 is 32.8 Å². The second kappa shape index (κ2) is 13.2. The van der Waals surface area contributed by atoms with Crippen LogP contribution in [0.4, 0.5) is 8.63 Å². The van der Waals surface area contributed by atoms with Crippen LogP contribution in [0.5, 0.6) is 0 Å². The third kappa shape index (κ3) is 18.0. The molecule has 0 rings (SSSR count). The molecule has 4 nitrogen and oxygen atoms in total. The van der Waals surface area contributed by atoms with Crippen molar-refractivity contribution in [1.29, 1.82) is 21.0 Å². The van der Waals surface area contributed by atoms with Crippen LogP contribution in [0, 0.1) is 44.9 Å². The van der Waals surface area contributed by atoms with Crippen LogP contribution in [-0.4, -0.2) is 32.8 Å². The average Bonchev–Trinajstić information content (AvgIpc) is 2.16. The minimum absolute atomic E-state index is 0. The standard InChI is InChI=1S/2C2BFN2.Li/c2*4-3(1-5)2-6;. The molecule has 57 valence electrons. The van der Waals surface area contributed by atoms with Gasteiger partial charge in [-0.15, -0.1) is 0 Å². The summed E-state index contributed by atoms with van der Waals surface area (Å²) in [4.78, 5) is 0. The van der Waals surface area contributed by atoms with E-state index < -0.39 is 14.0 Å². The molecule has 0 saturated carbocycles. The SMILES string of the molecule is N#CB(F)C#N.N#CB(F)C#N.[Li]. The molecule has 0 bridgehead atoms. The zero-order valence-corrected chi connectivity index (χ0v) is 6.70. The van der Waals surface area contributed by atoms with E-state index in [1.54, 1.807) is 0 Å². The Bertz CT molecular complexity index is 226. The molecular weight excluding hydrogens is 171 g/mol. The first-order chi connectivity index (χ1) is 5.62. The summed E-state index contributed by atoms with van der Waals surface area (Å²) in [6.45, 7) is -3.91. The van der Waals surface area contributed by atoms with E-state index in [4.69, 9.17) is 21.0 Å². The molecule has 0 aromatic heterocycles. The van der Waals surface area contributed by atoms with E-state index in [1.165, 1.54) is 0 Å². The largest absolute Gasteiger partial charge is 0.567 e. The molecule has 13 heavy (non-hydrogen) atoms. The number of nitriles is 4. The van der Waals surface area contributed by atoms with Crippen LogP contribution < -0.4 is 0 Å². The van der Waals surface area contributed by atoms with Gasteiger partial charge in [0.15, 0.2) is 0 Å². The molecule has 9 heteroatoms. The molecule has 0 N–H and O–H groups in total. The topological polar surface area (TPSA) is 95.2 Å². The van der Waals surface area contributed by atoms with Crippen LogP contribution >= 0.6 is 0 Å². The van der Waals surface area contributed by atoms with Crippen molar-refractivity contribution in [3.05, 3.63) is 0 Å². The van der Waals surface area contributed by atoms with Gasteiger partial charge in [-0.2, -0.15) is 0 Å². The second-order valence-electron chi connectivity index (χ2n) is 1.24. The van der Waals surface area contributed by atoms with Gasteiger partial charge in [-0.3, -0.25) is 8.63 Å². The summed E-state index contributed by atoms with van der Waals surface area (Å²) in [5.41, 5.74) is 0. The molecule has 0 unspecified atom stereocenters. The average molecular weight is 171 g/mol. The van der Waals surface area contributed by atoms with E-state index in [-0.39, 0.29) is 18.9 Å². The summed E-state index contributed by atoms with van der Waals surface area (Å²) in [5.74, 6) is 4.35. The quantitative estimate of drug-likeness (QED) is 0.469. The van der Waals surface area contributed by atoms with Gasteiger partial charge in [0.05, 0.1) is 23.9 Å². The van der Waals surface area contributed by atoms with Gasteiger partial charge in [-0.25, -0.2) is 21.0 Å². The van der Waals surface area contributed by atoms with E-state index in [0.29, 0.717) is 0 Å². The van der Waals surface area contributed by atoms with E-state index >= 15 is 0 Å². The Hall–Kier alpha value is -1.45. The molecule has 1 radical (unpaired) electrons. The van der Waals surface area contributed by atoms with Gasteiger partial charge in [0.2, 0.25) is 0 Å². The smallest absolute Gasteiger partial charge is 0.292 e. The summed E-state index contributed by atoms with van der Waals surface area (Å²) < 4.78 is 22.3. The summed E-state index contributed by atoms with van der Waals surface area (Å²) in [7, 11) is 0. The van der Waals surface area contributed by atoms with Crippen molar-refractivity contribution in [3.8, 4) is 23.9 Å². The molecule has 0 aliphatic rings. The van der Waals surface area contributed by atoms with Crippen LogP contribution in [0.1, 0.15) is 0 Å². The fourth-order valence-electron chi connectivity index (χ4n) is 0.0577. The second-order valence-corrected chi connectivity index (χ2v) is 1.24. The van der Waals surface area contributed by atoms with Crippen molar-refractivity contribution in [3.63, 3.8) is 0 Å². The van der Waals surface area contributed by atoms with Crippen LogP contribution in [0.15, 0.2) is 0 Å². The molecule has 0 atom stereocenters. The van der Waals surface area contributed by atoms with E-state index in [1.807, 2.05) is 0 Å². The van der Waals surface area contributed by atoms with Crippen molar-refractivity contribution < 1.29 is 8.63 Å². The molecule has 0 aliphatic heterocycles. The Balaban J connectivity index is -0.000000143. The fourth-order valence-corrected chi connectivity index (χ4v) is 0.0577. The Labute approximate surface area is 86.8 Å². The van der Waals surface area contributed by atoms with Gasteiger partial charge in [-0.1, -0.05) is 0 Å². The third-order valence-corrected chi connectivity index (χ3v) is 0.453. The summed E-state index contributed by atoms with van der Waals surface area (Å²) >= 11 is 0. The van der Waals surface area contributed by atoms with E-state index in [0.717, 1.165) is 23.9 Å². The summed E-state index contributed by atoms with van der Waals surface area (Å²) in [6.07, 6.45) is 0. The predicted molar refractivity (Wildman–Crippen MR) is 41.9 cm³/mol. The Morgan fingerprint density at radius 2 is 0.846 bits per heavy atom. The number of nitrogens with zero attached hydrogens (tertiary/aromatic N) is 4. The maximum Gasteiger partial charge on any atom is 0.567 e. The maximum atomic E-state index is 11.1. The van der Waals surface area contributed by atoms with Crippen LogP contribution in [0.2, 0.25) is 0 Å². The molecule has 0 amide bonds. The monoisotopic (exact) mass is 171 g/mol. The van der Waals surface area contributed by atoms with Gasteiger partial charge >= 0.3 is 14.0 Å². The first-order valence-electron chi connectivity index (χ1n) is 2.49. The normalized spacial score (nSPS) is 4.77. The molecule has 0 saturated heterocycles. The Morgan fingerprint density at radius 1 is 0.692 bits per heavy atom. The van der Waals surface area contributed by atoms with Gasteiger partial charge in [0.25, 0.3) is 0 Å². The Kier molecular flexibility index (Phi) is 17.8. The zero-order valence-electron chi connectivity index (χ0n) is 6.70. The number of halogens is 2. The van der Waals surface area contributed by atoms with Crippen molar-refractivity contribution in [2.45, 2.75) is 0 Å². The minimum Gasteiger partial charge on any atom is -0.292 e. The zero-order chi connectivity index (χ0) is 9.98. The van der Waals surface area contributed by atoms with Crippen molar-refractivity contribution in [2.24, 2.45) is 0 Å². The number of hydrogen-bond donors (Lipinski definition) is 0. The van der Waals surface area contributed by atoms with Crippen LogP contribution in [-0.2, 0) is 0 Å². The first-order valence-corrected chi connectivity index (χ1v) is 2.49. The first kappa shape index (κ1) is 17.6. The molecule has 0 fully saturated rings. The van der Waals surface area contributed by atoms with Crippen LogP contribution in [0.3, 0.4) is 0 Å². The van der Waals surface area contributed by atoms with Crippen molar-refractivity contribution in [2.75, 3.05) is 0 Å². The summed E-state index contributed by atoms with van der Waals surface area (Å²) in [5, 5.41) is 29.9. The fraction of sp³-hybridized carbons (Fsp3) is 0. The third-order valence-electron chi connectivity index (χ3n) is 0.453. The van der Waals surface area contributed by atoms with Gasteiger partial charge in [0, 0.05) is 18.9 Å². The van der Waals surface area contributed by atoms with Gasteiger partial charge in [-0.05, 0) is 0 Å². The van der Waals surface area contributed by atoms with E-state index in [9.17, 15) is 8.63 Å². The number of rotatable bonds is 0. The number of hydrogen-bond acceptors (Lipinski definition) is 4. The maximum absolute atomic E-state index is 11.1. The molecule has 0 aliphatic carbocycles. The van der Waals surface area contributed by atoms with Gasteiger partial charge in [0.1, 0.15) is 0 Å². The molecule has 0 aromatic carbocycles. The minimum atomic E-state index is -1.95. The van der Waals surface area contributed by atoms with Crippen LogP contribution in [0.25, 0.3) is 0 Å². The van der Waals surface area contributed by atoms with Gasteiger partial charge < -0.3 is 0 Å². The molecular formula is C4B2F2LiN4. The molecule has 0 aromatic rings. The van der Waals surface area contributed by atoms with Crippen molar-refractivity contribution in [1.82, 2.24) is 0 Å².